The lowest BCUT2D eigenvalue weighted by Crippen LogP contribution is -2.43. The van der Waals surface area contributed by atoms with Crippen LogP contribution in [0.5, 0.6) is 11.5 Å². The molecule has 0 aliphatic heterocycles. The topological polar surface area (TPSA) is 65.9 Å². The third-order valence-electron chi connectivity index (χ3n) is 3.72. The molecule has 0 aliphatic rings. The predicted molar refractivity (Wildman–Crippen MR) is 120 cm³/mol. The lowest BCUT2D eigenvalue weighted by Gasteiger charge is -2.17. The summed E-state index contributed by atoms with van der Waals surface area (Å²) in [5.74, 6) is 1.68. The Hall–Kier alpha value is -1.48. The molecule has 26 heavy (non-hydrogen) atoms. The fourth-order valence-corrected chi connectivity index (χ4v) is 3.50. The van der Waals surface area contributed by atoms with Crippen LogP contribution in [0, 0.1) is 6.92 Å². The number of aromatic hydroxyl groups is 1. The van der Waals surface area contributed by atoms with Crippen LogP contribution in [-0.2, 0) is 13.0 Å². The van der Waals surface area contributed by atoms with Gasteiger partial charge in [0.25, 0.3) is 0 Å². The maximum Gasteiger partial charge on any atom is 0.191 e. The molecule has 3 N–H and O–H groups in total. The molecule has 144 valence electrons. The Morgan fingerprint density at radius 1 is 1.31 bits per heavy atom. The summed E-state index contributed by atoms with van der Waals surface area (Å²) < 4.78 is 5.21. The van der Waals surface area contributed by atoms with Crippen LogP contribution in [-0.4, -0.2) is 30.8 Å². The van der Waals surface area contributed by atoms with E-state index in [0.717, 1.165) is 24.5 Å². The first-order chi connectivity index (χ1) is 12.0. The molecule has 2 rings (SSSR count). The number of nitrogens with one attached hydrogen (secondary N) is 2. The zero-order valence-corrected chi connectivity index (χ0v) is 18.9. The highest BCUT2D eigenvalue weighted by atomic mass is 127. The molecule has 1 atom stereocenters. The zero-order chi connectivity index (χ0) is 18.2. The number of benzene rings is 1. The molecular formula is C19H28IN3O2S. The molecule has 0 saturated carbocycles. The normalized spacial score (nSPS) is 12.2. The molecule has 0 fully saturated rings. The lowest BCUT2D eigenvalue weighted by atomic mass is 10.2. The van der Waals surface area contributed by atoms with Gasteiger partial charge < -0.3 is 20.5 Å². The van der Waals surface area contributed by atoms with Crippen LogP contribution in [0.1, 0.15) is 29.2 Å². The first kappa shape index (κ1) is 22.6. The zero-order valence-electron chi connectivity index (χ0n) is 15.7. The molecule has 2 aromatic rings. The van der Waals surface area contributed by atoms with Crippen molar-refractivity contribution in [3.63, 3.8) is 0 Å². The third-order valence-corrected chi connectivity index (χ3v) is 4.75. The van der Waals surface area contributed by atoms with E-state index in [-0.39, 0.29) is 35.8 Å². The van der Waals surface area contributed by atoms with Crippen molar-refractivity contribution in [2.75, 3.05) is 13.7 Å². The van der Waals surface area contributed by atoms with Gasteiger partial charge in [0.05, 0.1) is 13.7 Å². The van der Waals surface area contributed by atoms with Crippen LogP contribution in [0.4, 0.5) is 0 Å². The van der Waals surface area contributed by atoms with Crippen molar-refractivity contribution >= 4 is 41.3 Å². The SMILES string of the molecule is CCNC(=NCc1cc(OC)ccc1O)NC(C)Cc1ccc(C)s1.I. The van der Waals surface area contributed by atoms with Gasteiger partial charge in [-0.3, -0.25) is 0 Å². The van der Waals surface area contributed by atoms with Gasteiger partial charge in [-0.1, -0.05) is 0 Å². The first-order valence-electron chi connectivity index (χ1n) is 8.47. The van der Waals surface area contributed by atoms with Gasteiger partial charge in [0.1, 0.15) is 11.5 Å². The Morgan fingerprint density at radius 3 is 2.69 bits per heavy atom. The van der Waals surface area contributed by atoms with Crippen molar-refractivity contribution in [1.29, 1.82) is 0 Å². The molecule has 1 aromatic heterocycles. The van der Waals surface area contributed by atoms with Crippen molar-refractivity contribution in [2.45, 2.75) is 39.8 Å². The van der Waals surface area contributed by atoms with Crippen molar-refractivity contribution in [3.05, 3.63) is 45.6 Å². The number of hydrogen-bond donors (Lipinski definition) is 3. The number of hydrogen-bond acceptors (Lipinski definition) is 4. The van der Waals surface area contributed by atoms with Crippen LogP contribution >= 0.6 is 35.3 Å². The summed E-state index contributed by atoms with van der Waals surface area (Å²) in [6.07, 6.45) is 0.952. The minimum absolute atomic E-state index is 0. The maximum atomic E-state index is 9.99. The average molecular weight is 489 g/mol. The second-order valence-electron chi connectivity index (χ2n) is 5.95. The summed E-state index contributed by atoms with van der Waals surface area (Å²) in [7, 11) is 1.61. The van der Waals surface area contributed by atoms with E-state index in [1.165, 1.54) is 9.75 Å². The molecule has 5 nitrogen and oxygen atoms in total. The second kappa shape index (κ2) is 11.3. The molecule has 0 amide bonds. The Labute approximate surface area is 176 Å². The van der Waals surface area contributed by atoms with Crippen molar-refractivity contribution in [3.8, 4) is 11.5 Å². The van der Waals surface area contributed by atoms with E-state index in [2.05, 4.69) is 41.6 Å². The summed E-state index contributed by atoms with van der Waals surface area (Å²) in [6.45, 7) is 7.46. The van der Waals surface area contributed by atoms with Crippen LogP contribution < -0.4 is 15.4 Å². The smallest absolute Gasteiger partial charge is 0.191 e. The summed E-state index contributed by atoms with van der Waals surface area (Å²) >= 11 is 1.83. The van der Waals surface area contributed by atoms with E-state index in [1.807, 2.05) is 18.3 Å². The minimum Gasteiger partial charge on any atom is -0.508 e. The van der Waals surface area contributed by atoms with Gasteiger partial charge in [-0.05, 0) is 51.1 Å². The number of halogens is 1. The fourth-order valence-electron chi connectivity index (χ4n) is 2.48. The molecule has 0 aliphatic carbocycles. The van der Waals surface area contributed by atoms with Gasteiger partial charge in [0.15, 0.2) is 5.96 Å². The number of ether oxygens (including phenoxy) is 1. The summed E-state index contributed by atoms with van der Waals surface area (Å²) in [5, 5.41) is 16.7. The number of phenolic OH excluding ortho intramolecular Hbond substituents is 1. The minimum atomic E-state index is 0. The second-order valence-corrected chi connectivity index (χ2v) is 7.32. The summed E-state index contributed by atoms with van der Waals surface area (Å²) in [4.78, 5) is 7.28. The van der Waals surface area contributed by atoms with Crippen LogP contribution in [0.15, 0.2) is 35.3 Å². The molecule has 0 spiro atoms. The molecule has 1 heterocycles. The number of thiophene rings is 1. The van der Waals surface area contributed by atoms with Crippen molar-refractivity contribution in [1.82, 2.24) is 10.6 Å². The standard InChI is InChI=1S/C19H27N3O2S.HI/c1-5-20-19(22-13(2)10-17-8-6-14(3)25-17)21-12-15-11-16(24-4)7-9-18(15)23;/h6-9,11,13,23H,5,10,12H2,1-4H3,(H2,20,21,22);1H. The number of rotatable bonds is 7. The number of guanidine groups is 1. The monoisotopic (exact) mass is 489 g/mol. The van der Waals surface area contributed by atoms with Gasteiger partial charge in [-0.15, -0.1) is 35.3 Å². The highest BCUT2D eigenvalue weighted by Crippen LogP contribution is 2.23. The van der Waals surface area contributed by atoms with E-state index < -0.39 is 0 Å². The number of aliphatic imine (C=N–C) groups is 1. The molecular weight excluding hydrogens is 461 g/mol. The van der Waals surface area contributed by atoms with Gasteiger partial charge in [-0.2, -0.15) is 0 Å². The first-order valence-corrected chi connectivity index (χ1v) is 9.29. The van der Waals surface area contributed by atoms with E-state index in [0.29, 0.717) is 12.3 Å². The van der Waals surface area contributed by atoms with Gasteiger partial charge in [0, 0.05) is 34.3 Å². The van der Waals surface area contributed by atoms with Crippen LogP contribution in [0.3, 0.4) is 0 Å². The highest BCUT2D eigenvalue weighted by molar-refractivity contribution is 14.0. The molecule has 0 bridgehead atoms. The Bertz CT molecular complexity index is 719. The Kier molecular flexibility index (Phi) is 9.79. The molecule has 0 saturated heterocycles. The van der Waals surface area contributed by atoms with Crippen LogP contribution in [0.25, 0.3) is 0 Å². The molecule has 1 unspecified atom stereocenters. The van der Waals surface area contributed by atoms with Gasteiger partial charge in [0.2, 0.25) is 0 Å². The van der Waals surface area contributed by atoms with E-state index in [1.54, 1.807) is 25.3 Å². The highest BCUT2D eigenvalue weighted by Gasteiger charge is 2.09. The third kappa shape index (κ3) is 7.03. The number of phenols is 1. The number of nitrogens with zero attached hydrogens (tertiary/aromatic N) is 1. The predicted octanol–water partition coefficient (Wildman–Crippen LogP) is 4.08. The van der Waals surface area contributed by atoms with Crippen molar-refractivity contribution in [2.24, 2.45) is 4.99 Å². The van der Waals surface area contributed by atoms with E-state index in [9.17, 15) is 5.11 Å². The Morgan fingerprint density at radius 2 is 2.08 bits per heavy atom. The molecule has 0 radical (unpaired) electrons. The van der Waals surface area contributed by atoms with Crippen molar-refractivity contribution < 1.29 is 9.84 Å². The van der Waals surface area contributed by atoms with E-state index in [4.69, 9.17) is 4.74 Å². The molecule has 7 heteroatoms. The Balaban J connectivity index is 0.00000338. The quantitative estimate of drug-likeness (QED) is 0.312. The summed E-state index contributed by atoms with van der Waals surface area (Å²) in [5.41, 5.74) is 0.734. The number of aryl methyl sites for hydroxylation is 1. The van der Waals surface area contributed by atoms with Crippen LogP contribution in [0.2, 0.25) is 0 Å². The van der Waals surface area contributed by atoms with Gasteiger partial charge in [-0.25, -0.2) is 4.99 Å². The maximum absolute atomic E-state index is 9.99. The summed E-state index contributed by atoms with van der Waals surface area (Å²) in [6, 6.07) is 9.76. The number of methoxy groups -OCH3 is 1. The molecule has 1 aromatic carbocycles. The average Bonchev–Trinajstić information content (AvgIpc) is 2.98. The van der Waals surface area contributed by atoms with Gasteiger partial charge >= 0.3 is 0 Å². The fraction of sp³-hybridized carbons (Fsp3) is 0.421. The largest absolute Gasteiger partial charge is 0.508 e. The van der Waals surface area contributed by atoms with E-state index >= 15 is 0 Å². The lowest BCUT2D eigenvalue weighted by molar-refractivity contribution is 0.411.